The van der Waals surface area contributed by atoms with Crippen LogP contribution in [0.25, 0.3) is 22.5 Å². The lowest BCUT2D eigenvalue weighted by molar-refractivity contribution is 0.311. The highest BCUT2D eigenvalue weighted by molar-refractivity contribution is 7.87. The zero-order chi connectivity index (χ0) is 22.1. The standard InChI is InChI=1S/C20H24N2O7S/c1-12-18(23)13(2)20(24)29-19(12)17-11-14-10-15(6-7-16(14)28-17)27-9-5-8-21-30(25,26)22(3)4/h6-7,10-11,21,23H,5,8-9H2,1-4H3. The fourth-order valence-corrected chi connectivity index (χ4v) is 3.44. The molecule has 30 heavy (non-hydrogen) atoms. The SMILES string of the molecule is Cc1c(-c2cc3cc(OCCCNS(=O)(=O)N(C)C)ccc3o2)oc(=O)c(C)c1O. The first-order valence-electron chi connectivity index (χ1n) is 9.27. The summed E-state index contributed by atoms with van der Waals surface area (Å²) in [6, 6.07) is 6.93. The van der Waals surface area contributed by atoms with Crippen LogP contribution in [0.15, 0.2) is 37.9 Å². The molecule has 9 nitrogen and oxygen atoms in total. The Hall–Kier alpha value is -2.82. The third-order valence-electron chi connectivity index (χ3n) is 4.62. The second kappa shape index (κ2) is 8.50. The monoisotopic (exact) mass is 436 g/mol. The Morgan fingerprint density at radius 3 is 2.57 bits per heavy atom. The van der Waals surface area contributed by atoms with E-state index < -0.39 is 15.8 Å². The molecule has 3 aromatic rings. The molecule has 0 aliphatic rings. The third-order valence-corrected chi connectivity index (χ3v) is 6.15. The molecule has 0 aliphatic heterocycles. The van der Waals surface area contributed by atoms with Gasteiger partial charge in [0.15, 0.2) is 11.5 Å². The van der Waals surface area contributed by atoms with E-state index in [9.17, 15) is 18.3 Å². The van der Waals surface area contributed by atoms with Crippen molar-refractivity contribution in [2.75, 3.05) is 27.2 Å². The summed E-state index contributed by atoms with van der Waals surface area (Å²) in [7, 11) is -0.529. The lowest BCUT2D eigenvalue weighted by Gasteiger charge is -2.12. The number of furan rings is 1. The molecule has 0 aliphatic carbocycles. The van der Waals surface area contributed by atoms with Crippen LogP contribution in [0.4, 0.5) is 0 Å². The summed E-state index contributed by atoms with van der Waals surface area (Å²) in [6.07, 6.45) is 0.495. The maximum absolute atomic E-state index is 11.9. The van der Waals surface area contributed by atoms with Gasteiger partial charge in [-0.2, -0.15) is 12.7 Å². The number of hydrogen-bond donors (Lipinski definition) is 2. The minimum Gasteiger partial charge on any atom is -0.507 e. The Kier molecular flexibility index (Phi) is 6.20. The van der Waals surface area contributed by atoms with E-state index in [2.05, 4.69) is 4.72 Å². The minimum absolute atomic E-state index is 0.115. The van der Waals surface area contributed by atoms with Crippen molar-refractivity contribution < 1.29 is 27.1 Å². The van der Waals surface area contributed by atoms with Crippen molar-refractivity contribution in [3.8, 4) is 23.0 Å². The first-order valence-corrected chi connectivity index (χ1v) is 10.7. The number of ether oxygens (including phenoxy) is 1. The predicted octanol–water partition coefficient (Wildman–Crippen LogP) is 2.54. The highest BCUT2D eigenvalue weighted by Gasteiger charge is 2.18. The van der Waals surface area contributed by atoms with Crippen LogP contribution in [0, 0.1) is 13.8 Å². The van der Waals surface area contributed by atoms with Gasteiger partial charge >= 0.3 is 5.63 Å². The molecular weight excluding hydrogens is 412 g/mol. The maximum Gasteiger partial charge on any atom is 0.343 e. The van der Waals surface area contributed by atoms with E-state index in [0.29, 0.717) is 35.7 Å². The Morgan fingerprint density at radius 2 is 1.87 bits per heavy atom. The predicted molar refractivity (Wildman–Crippen MR) is 112 cm³/mol. The molecule has 0 bridgehead atoms. The van der Waals surface area contributed by atoms with Crippen LogP contribution < -0.4 is 15.1 Å². The van der Waals surface area contributed by atoms with Gasteiger partial charge in [0.25, 0.3) is 10.2 Å². The van der Waals surface area contributed by atoms with Crippen molar-refractivity contribution in [1.82, 2.24) is 9.03 Å². The average Bonchev–Trinajstić information content (AvgIpc) is 3.11. The molecule has 1 aromatic carbocycles. The second-order valence-electron chi connectivity index (χ2n) is 7.01. The third kappa shape index (κ3) is 4.50. The molecule has 2 heterocycles. The van der Waals surface area contributed by atoms with Gasteiger partial charge in [0.2, 0.25) is 0 Å². The van der Waals surface area contributed by atoms with Gasteiger partial charge < -0.3 is 18.7 Å². The van der Waals surface area contributed by atoms with Crippen molar-refractivity contribution in [3.63, 3.8) is 0 Å². The molecular formula is C20H24N2O7S. The van der Waals surface area contributed by atoms with E-state index in [-0.39, 0.29) is 23.6 Å². The van der Waals surface area contributed by atoms with E-state index in [4.69, 9.17) is 13.6 Å². The van der Waals surface area contributed by atoms with Crippen LogP contribution in [-0.2, 0) is 10.2 Å². The Balaban J connectivity index is 1.71. The normalized spacial score (nSPS) is 12.0. The van der Waals surface area contributed by atoms with Crippen molar-refractivity contribution in [2.24, 2.45) is 0 Å². The van der Waals surface area contributed by atoms with Crippen LogP contribution in [-0.4, -0.2) is 45.1 Å². The van der Waals surface area contributed by atoms with E-state index >= 15 is 0 Å². The summed E-state index contributed by atoms with van der Waals surface area (Å²) in [5, 5.41) is 10.8. The fourth-order valence-electron chi connectivity index (χ4n) is 2.78. The Bertz CT molecular complexity index is 1230. The van der Waals surface area contributed by atoms with Crippen LogP contribution in [0.3, 0.4) is 0 Å². The molecule has 0 spiro atoms. The Morgan fingerprint density at radius 1 is 1.13 bits per heavy atom. The molecule has 0 radical (unpaired) electrons. The highest BCUT2D eigenvalue weighted by Crippen LogP contribution is 2.34. The number of nitrogens with one attached hydrogen (secondary N) is 1. The van der Waals surface area contributed by atoms with Gasteiger partial charge in [-0.05, 0) is 44.5 Å². The van der Waals surface area contributed by atoms with Gasteiger partial charge in [0.05, 0.1) is 12.2 Å². The van der Waals surface area contributed by atoms with Gasteiger partial charge in [-0.1, -0.05) is 0 Å². The van der Waals surface area contributed by atoms with Crippen molar-refractivity contribution in [2.45, 2.75) is 20.3 Å². The van der Waals surface area contributed by atoms with Crippen LogP contribution in [0.5, 0.6) is 11.5 Å². The number of benzene rings is 1. The summed E-state index contributed by atoms with van der Waals surface area (Å²) < 4.78 is 43.6. The summed E-state index contributed by atoms with van der Waals surface area (Å²) in [5.74, 6) is 0.978. The van der Waals surface area contributed by atoms with E-state index in [1.54, 1.807) is 31.2 Å². The van der Waals surface area contributed by atoms with Crippen molar-refractivity contribution >= 4 is 21.2 Å². The first-order chi connectivity index (χ1) is 14.1. The Labute approximate surface area is 174 Å². The first kappa shape index (κ1) is 21.9. The lowest BCUT2D eigenvalue weighted by Crippen LogP contribution is -2.36. The zero-order valence-electron chi connectivity index (χ0n) is 17.2. The molecule has 162 valence electrons. The summed E-state index contributed by atoms with van der Waals surface area (Å²) in [4.78, 5) is 11.9. The molecule has 10 heteroatoms. The number of fused-ring (bicyclic) bond motifs is 1. The number of aromatic hydroxyl groups is 1. The summed E-state index contributed by atoms with van der Waals surface area (Å²) >= 11 is 0. The molecule has 3 rings (SSSR count). The van der Waals surface area contributed by atoms with Crippen LogP contribution in [0.2, 0.25) is 0 Å². The molecule has 0 atom stereocenters. The molecule has 0 saturated heterocycles. The minimum atomic E-state index is -3.44. The van der Waals surface area contributed by atoms with Gasteiger partial charge in [0, 0.05) is 31.6 Å². The van der Waals surface area contributed by atoms with Gasteiger partial charge in [0.1, 0.15) is 17.1 Å². The van der Waals surface area contributed by atoms with Gasteiger partial charge in [-0.15, -0.1) is 0 Å². The van der Waals surface area contributed by atoms with Crippen molar-refractivity contribution in [3.05, 3.63) is 45.8 Å². The van der Waals surface area contributed by atoms with Gasteiger partial charge in [-0.3, -0.25) is 0 Å². The van der Waals surface area contributed by atoms with Crippen LogP contribution in [0.1, 0.15) is 17.5 Å². The largest absolute Gasteiger partial charge is 0.507 e. The van der Waals surface area contributed by atoms with Gasteiger partial charge in [-0.25, -0.2) is 9.52 Å². The average molecular weight is 436 g/mol. The molecule has 2 N–H and O–H groups in total. The van der Waals surface area contributed by atoms with E-state index in [1.165, 1.54) is 21.0 Å². The molecule has 0 amide bonds. The topological polar surface area (TPSA) is 122 Å². The van der Waals surface area contributed by atoms with Crippen molar-refractivity contribution in [1.29, 1.82) is 0 Å². The smallest absolute Gasteiger partial charge is 0.343 e. The number of nitrogens with zero attached hydrogens (tertiary/aromatic N) is 1. The van der Waals surface area contributed by atoms with Crippen LogP contribution >= 0.6 is 0 Å². The number of hydrogen-bond acceptors (Lipinski definition) is 7. The summed E-state index contributed by atoms with van der Waals surface area (Å²) in [5.41, 5.74) is 0.513. The van der Waals surface area contributed by atoms with E-state index in [1.807, 2.05) is 0 Å². The summed E-state index contributed by atoms with van der Waals surface area (Å²) in [6.45, 7) is 3.72. The molecule has 0 saturated carbocycles. The quantitative estimate of drug-likeness (QED) is 0.520. The molecule has 0 fully saturated rings. The molecule has 0 unspecified atom stereocenters. The fraction of sp³-hybridized carbons (Fsp3) is 0.350. The number of rotatable bonds is 8. The lowest BCUT2D eigenvalue weighted by atomic mass is 10.1. The zero-order valence-corrected chi connectivity index (χ0v) is 18.0. The van der Waals surface area contributed by atoms with E-state index in [0.717, 1.165) is 9.69 Å². The second-order valence-corrected chi connectivity index (χ2v) is 8.98. The molecule has 2 aromatic heterocycles. The highest BCUT2D eigenvalue weighted by atomic mass is 32.2. The maximum atomic E-state index is 11.9.